The van der Waals surface area contributed by atoms with Gasteiger partial charge in [0.2, 0.25) is 0 Å². The summed E-state index contributed by atoms with van der Waals surface area (Å²) < 4.78 is 24.1. The largest absolute Gasteiger partial charge is 0.390 e. The van der Waals surface area contributed by atoms with Gasteiger partial charge in [-0.2, -0.15) is 0 Å². The molecule has 0 aromatic rings. The molecule has 0 aromatic heterocycles. The number of carbonyl (C=O) groups is 1. The van der Waals surface area contributed by atoms with Gasteiger partial charge in [0, 0.05) is 17.8 Å². The zero-order valence-corrected chi connectivity index (χ0v) is 25.9. The number of Topliss-reactive ketones (excluding diaryl/α,β-unsaturated/α-hetero) is 1. The maximum atomic E-state index is 14.3. The van der Waals surface area contributed by atoms with Crippen LogP contribution in [-0.4, -0.2) is 132 Å². The Kier molecular flexibility index (Phi) is 7.55. The SMILES string of the molecule is C=C1CCC2(OC1)OC1CC3C4C(O)C(=O)C5(O)C(OC6OCC(O)C(O)C6O)C(O)C(O)C(O)C5(C)C4CCC3(C)C1C2C. The summed E-state index contributed by atoms with van der Waals surface area (Å²) in [5, 5.41) is 88.7. The lowest BCUT2D eigenvalue weighted by atomic mass is 9.40. The molecule has 13 nitrogen and oxygen atoms in total. The van der Waals surface area contributed by atoms with Crippen LogP contribution in [-0.2, 0) is 23.7 Å². The molecule has 0 bridgehead atoms. The van der Waals surface area contributed by atoms with Gasteiger partial charge in [0.15, 0.2) is 23.5 Å². The molecular formula is C32H48O13. The molecular weight excluding hydrogens is 592 g/mol. The monoisotopic (exact) mass is 640 g/mol. The first kappa shape index (κ1) is 32.5. The molecule has 0 aromatic carbocycles. The lowest BCUT2D eigenvalue weighted by molar-refractivity contribution is -0.359. The lowest BCUT2D eigenvalue weighted by Gasteiger charge is -2.67. The Morgan fingerprint density at radius 2 is 1.67 bits per heavy atom. The third-order valence-electron chi connectivity index (χ3n) is 13.7. The van der Waals surface area contributed by atoms with E-state index in [1.807, 2.05) is 0 Å². The highest BCUT2D eigenvalue weighted by Crippen LogP contribution is 2.71. The fraction of sp³-hybridized carbons (Fsp3) is 0.906. The molecule has 3 aliphatic heterocycles. The van der Waals surface area contributed by atoms with Crippen molar-refractivity contribution in [3.05, 3.63) is 12.2 Å². The van der Waals surface area contributed by atoms with Crippen molar-refractivity contribution in [2.24, 2.45) is 40.4 Å². The Bertz CT molecular complexity index is 1220. The second-order valence-corrected chi connectivity index (χ2v) is 15.5. The highest BCUT2D eigenvalue weighted by molar-refractivity contribution is 5.94. The maximum absolute atomic E-state index is 14.3. The van der Waals surface area contributed by atoms with Crippen LogP contribution in [0.5, 0.6) is 0 Å². The smallest absolute Gasteiger partial charge is 0.196 e. The summed E-state index contributed by atoms with van der Waals surface area (Å²) >= 11 is 0. The number of aliphatic hydroxyl groups is 8. The standard InChI is InChI=1S/C32H48O13/c1-12-5-8-31(43-10-12)13(2)19-17(45-31)9-15-18-14(6-7-29(15,19)3)30(4)25(39)22(36)23(37)27(32(30,41)26(40)21(18)35)44-28-24(38)20(34)16(33)11-42-28/h13-25,27-28,33-39,41H,1,5-11H2,2-4H3. The summed E-state index contributed by atoms with van der Waals surface area (Å²) in [6, 6.07) is 0. The van der Waals surface area contributed by atoms with Crippen LogP contribution >= 0.6 is 0 Å². The van der Waals surface area contributed by atoms with Crippen molar-refractivity contribution in [3.8, 4) is 0 Å². The summed E-state index contributed by atoms with van der Waals surface area (Å²) in [6.45, 7) is 9.84. The fourth-order valence-corrected chi connectivity index (χ4v) is 11.2. The lowest BCUT2D eigenvalue weighted by Crippen LogP contribution is -2.83. The second-order valence-electron chi connectivity index (χ2n) is 15.5. The van der Waals surface area contributed by atoms with Crippen LogP contribution in [0.3, 0.4) is 0 Å². The van der Waals surface area contributed by atoms with Gasteiger partial charge >= 0.3 is 0 Å². The Labute approximate surface area is 261 Å². The van der Waals surface area contributed by atoms with E-state index in [-0.39, 0.29) is 29.3 Å². The van der Waals surface area contributed by atoms with E-state index in [0.717, 1.165) is 12.0 Å². The molecule has 8 N–H and O–H groups in total. The van der Waals surface area contributed by atoms with Gasteiger partial charge in [0.1, 0.15) is 42.7 Å². The van der Waals surface area contributed by atoms with Crippen molar-refractivity contribution in [2.45, 2.75) is 125 Å². The summed E-state index contributed by atoms with van der Waals surface area (Å²) in [6.07, 6.45) is -13.0. The Balaban J connectivity index is 1.23. The first-order valence-corrected chi connectivity index (χ1v) is 16.3. The maximum Gasteiger partial charge on any atom is 0.196 e. The topological polar surface area (TPSA) is 216 Å². The average Bonchev–Trinajstić information content (AvgIpc) is 3.46. The summed E-state index contributed by atoms with van der Waals surface area (Å²) in [7, 11) is 0. The summed E-state index contributed by atoms with van der Waals surface area (Å²) in [5.41, 5.74) is -3.84. The molecule has 0 radical (unpaired) electrons. The van der Waals surface area contributed by atoms with Crippen molar-refractivity contribution in [3.63, 3.8) is 0 Å². The molecule has 4 aliphatic carbocycles. The second kappa shape index (κ2) is 10.5. The number of rotatable bonds is 2. The van der Waals surface area contributed by atoms with Crippen LogP contribution in [0.2, 0.25) is 0 Å². The molecule has 19 unspecified atom stereocenters. The molecule has 3 saturated heterocycles. The third kappa shape index (κ3) is 4.01. The van der Waals surface area contributed by atoms with E-state index in [0.29, 0.717) is 32.3 Å². The predicted molar refractivity (Wildman–Crippen MR) is 152 cm³/mol. The highest BCUT2D eigenvalue weighted by Gasteiger charge is 2.79. The van der Waals surface area contributed by atoms with Gasteiger partial charge in [-0.15, -0.1) is 0 Å². The van der Waals surface area contributed by atoms with Crippen LogP contribution in [0, 0.1) is 40.4 Å². The number of ether oxygens (including phenoxy) is 4. The number of hydrogen-bond donors (Lipinski definition) is 8. The van der Waals surface area contributed by atoms with Crippen LogP contribution < -0.4 is 0 Å². The Morgan fingerprint density at radius 3 is 2.33 bits per heavy atom. The van der Waals surface area contributed by atoms with Gasteiger partial charge in [0.25, 0.3) is 0 Å². The fourth-order valence-electron chi connectivity index (χ4n) is 11.2. The number of hydrogen-bond acceptors (Lipinski definition) is 13. The number of aliphatic hydroxyl groups excluding tert-OH is 7. The molecule has 7 fully saturated rings. The van der Waals surface area contributed by atoms with Crippen molar-refractivity contribution in [2.75, 3.05) is 13.2 Å². The molecule has 7 aliphatic rings. The molecule has 13 heteroatoms. The first-order chi connectivity index (χ1) is 21.0. The van der Waals surface area contributed by atoms with Crippen molar-refractivity contribution < 1.29 is 64.6 Å². The Morgan fingerprint density at radius 1 is 0.956 bits per heavy atom. The van der Waals surface area contributed by atoms with Crippen LogP contribution in [0.4, 0.5) is 0 Å². The number of ketones is 1. The Hall–Kier alpha value is -1.07. The number of fused-ring (bicyclic) bond motifs is 7. The van der Waals surface area contributed by atoms with E-state index in [1.165, 1.54) is 6.92 Å². The van der Waals surface area contributed by atoms with E-state index in [4.69, 9.17) is 18.9 Å². The van der Waals surface area contributed by atoms with E-state index in [1.54, 1.807) is 0 Å². The van der Waals surface area contributed by atoms with E-state index < -0.39 is 96.2 Å². The quantitative estimate of drug-likeness (QED) is 0.159. The molecule has 0 amide bonds. The van der Waals surface area contributed by atoms with Gasteiger partial charge < -0.3 is 59.8 Å². The van der Waals surface area contributed by atoms with Gasteiger partial charge in [-0.25, -0.2) is 0 Å². The van der Waals surface area contributed by atoms with Gasteiger partial charge in [-0.3, -0.25) is 4.79 Å². The van der Waals surface area contributed by atoms with Crippen LogP contribution in [0.1, 0.15) is 52.9 Å². The zero-order valence-electron chi connectivity index (χ0n) is 25.9. The first-order valence-electron chi connectivity index (χ1n) is 16.3. The van der Waals surface area contributed by atoms with Gasteiger partial charge in [0.05, 0.1) is 25.4 Å². The van der Waals surface area contributed by atoms with Gasteiger partial charge in [-0.1, -0.05) is 32.9 Å². The third-order valence-corrected chi connectivity index (χ3v) is 13.7. The van der Waals surface area contributed by atoms with Crippen LogP contribution in [0.25, 0.3) is 0 Å². The van der Waals surface area contributed by atoms with Gasteiger partial charge in [-0.05, 0) is 54.8 Å². The molecule has 3 heterocycles. The molecule has 19 atom stereocenters. The summed E-state index contributed by atoms with van der Waals surface area (Å²) in [4.78, 5) is 14.3. The van der Waals surface area contributed by atoms with E-state index >= 15 is 0 Å². The van der Waals surface area contributed by atoms with Crippen molar-refractivity contribution in [1.29, 1.82) is 0 Å². The van der Waals surface area contributed by atoms with E-state index in [9.17, 15) is 45.6 Å². The molecule has 45 heavy (non-hydrogen) atoms. The minimum Gasteiger partial charge on any atom is -0.390 e. The number of carbonyl (C=O) groups excluding carboxylic acids is 1. The molecule has 1 spiro atoms. The minimum absolute atomic E-state index is 0.0388. The van der Waals surface area contributed by atoms with Crippen molar-refractivity contribution >= 4 is 5.78 Å². The predicted octanol–water partition coefficient (Wildman–Crippen LogP) is -1.65. The normalized spacial score (nSPS) is 61.1. The van der Waals surface area contributed by atoms with Crippen molar-refractivity contribution in [1.82, 2.24) is 0 Å². The minimum atomic E-state index is -2.72. The average molecular weight is 641 g/mol. The van der Waals surface area contributed by atoms with Crippen LogP contribution in [0.15, 0.2) is 12.2 Å². The highest BCUT2D eigenvalue weighted by atomic mass is 16.7. The zero-order chi connectivity index (χ0) is 32.6. The molecule has 4 saturated carbocycles. The summed E-state index contributed by atoms with van der Waals surface area (Å²) in [5.74, 6) is -3.26. The molecule has 7 rings (SSSR count). The molecule has 254 valence electrons. The van der Waals surface area contributed by atoms with E-state index in [2.05, 4.69) is 20.4 Å².